The van der Waals surface area contributed by atoms with Crippen molar-refractivity contribution >= 4 is 17.5 Å². The minimum Gasteiger partial charge on any atom is -0.351 e. The first kappa shape index (κ1) is 12.0. The number of aryl methyl sites for hydroxylation is 2. The largest absolute Gasteiger partial charge is 0.351 e. The van der Waals surface area contributed by atoms with Gasteiger partial charge in [0.05, 0.1) is 5.69 Å². The van der Waals surface area contributed by atoms with E-state index in [-0.39, 0.29) is 5.91 Å². The fourth-order valence-electron chi connectivity index (χ4n) is 1.33. The number of nitrogens with zero attached hydrogens (tertiary/aromatic N) is 2. The second-order valence-corrected chi connectivity index (χ2v) is 3.66. The molecule has 0 unspecified atom stereocenters. The van der Waals surface area contributed by atoms with E-state index in [0.29, 0.717) is 24.7 Å². The number of alkyl halides is 1. The summed E-state index contributed by atoms with van der Waals surface area (Å²) in [6.07, 6.45) is 0.784. The number of hydrogen-bond donors (Lipinski definition) is 1. The highest BCUT2D eigenvalue weighted by molar-refractivity contribution is 6.17. The molecule has 0 spiro atoms. The van der Waals surface area contributed by atoms with E-state index < -0.39 is 0 Å². The Morgan fingerprint density at radius 1 is 1.67 bits per heavy atom. The van der Waals surface area contributed by atoms with Crippen molar-refractivity contribution < 1.29 is 4.79 Å². The zero-order valence-electron chi connectivity index (χ0n) is 9.09. The fourth-order valence-corrected chi connectivity index (χ4v) is 1.46. The first-order valence-corrected chi connectivity index (χ1v) is 5.61. The molecule has 5 heteroatoms. The van der Waals surface area contributed by atoms with Crippen LogP contribution in [0.4, 0.5) is 0 Å². The van der Waals surface area contributed by atoms with Crippen molar-refractivity contribution in [2.75, 3.05) is 12.4 Å². The molecule has 0 saturated heterocycles. The number of carbonyl (C=O) groups is 1. The number of rotatable bonds is 5. The zero-order valence-corrected chi connectivity index (χ0v) is 9.84. The molecular formula is C10H16ClN3O. The third-order valence-corrected chi connectivity index (χ3v) is 2.30. The minimum absolute atomic E-state index is 0.0810. The van der Waals surface area contributed by atoms with Gasteiger partial charge >= 0.3 is 0 Å². The van der Waals surface area contributed by atoms with E-state index in [1.807, 2.05) is 13.8 Å². The minimum atomic E-state index is -0.0810. The summed E-state index contributed by atoms with van der Waals surface area (Å²) >= 11 is 5.52. The summed E-state index contributed by atoms with van der Waals surface area (Å²) < 4.78 is 1.70. The first-order valence-electron chi connectivity index (χ1n) is 5.07. The van der Waals surface area contributed by atoms with Crippen molar-refractivity contribution in [3.8, 4) is 0 Å². The summed E-state index contributed by atoms with van der Waals surface area (Å²) in [5.74, 6) is 0.481. The van der Waals surface area contributed by atoms with E-state index in [2.05, 4.69) is 10.4 Å². The highest BCUT2D eigenvalue weighted by atomic mass is 35.5. The van der Waals surface area contributed by atoms with Gasteiger partial charge in [0, 0.05) is 19.0 Å². The van der Waals surface area contributed by atoms with Crippen LogP contribution in [0.15, 0.2) is 6.07 Å². The Bertz CT molecular complexity index is 335. The van der Waals surface area contributed by atoms with E-state index in [1.165, 1.54) is 0 Å². The van der Waals surface area contributed by atoms with E-state index in [1.54, 1.807) is 10.7 Å². The number of hydrogen-bond acceptors (Lipinski definition) is 2. The molecule has 0 aliphatic heterocycles. The van der Waals surface area contributed by atoms with Gasteiger partial charge in [0.25, 0.3) is 5.91 Å². The number of carbonyl (C=O) groups excluding carboxylic acids is 1. The molecule has 0 bridgehead atoms. The summed E-state index contributed by atoms with van der Waals surface area (Å²) in [5.41, 5.74) is 1.48. The Hall–Kier alpha value is -1.03. The molecule has 15 heavy (non-hydrogen) atoms. The number of halogens is 1. The van der Waals surface area contributed by atoms with Crippen LogP contribution in [0.5, 0.6) is 0 Å². The average molecular weight is 230 g/mol. The Labute approximate surface area is 94.6 Å². The Balaban J connectivity index is 2.64. The molecule has 0 aliphatic rings. The van der Waals surface area contributed by atoms with E-state index >= 15 is 0 Å². The Morgan fingerprint density at radius 2 is 2.40 bits per heavy atom. The molecule has 1 N–H and O–H groups in total. The van der Waals surface area contributed by atoms with Crippen molar-refractivity contribution in [1.29, 1.82) is 0 Å². The maximum atomic E-state index is 11.7. The van der Waals surface area contributed by atoms with Crippen LogP contribution in [0.25, 0.3) is 0 Å². The lowest BCUT2D eigenvalue weighted by atomic mass is 10.3. The van der Waals surface area contributed by atoms with Crippen LogP contribution in [0.3, 0.4) is 0 Å². The topological polar surface area (TPSA) is 46.9 Å². The molecule has 0 aromatic carbocycles. The lowest BCUT2D eigenvalue weighted by Gasteiger charge is -2.05. The van der Waals surface area contributed by atoms with Crippen LogP contribution >= 0.6 is 11.6 Å². The van der Waals surface area contributed by atoms with E-state index in [9.17, 15) is 4.79 Å². The molecule has 0 atom stereocenters. The normalized spacial score (nSPS) is 10.3. The van der Waals surface area contributed by atoms with E-state index in [4.69, 9.17) is 11.6 Å². The van der Waals surface area contributed by atoms with E-state index in [0.717, 1.165) is 12.1 Å². The van der Waals surface area contributed by atoms with Crippen LogP contribution < -0.4 is 5.32 Å². The average Bonchev–Trinajstić information content (AvgIpc) is 2.60. The van der Waals surface area contributed by atoms with Crippen LogP contribution in [-0.2, 0) is 6.54 Å². The van der Waals surface area contributed by atoms with Gasteiger partial charge in [-0.3, -0.25) is 9.48 Å². The fraction of sp³-hybridized carbons (Fsp3) is 0.600. The molecule has 0 radical (unpaired) electrons. The van der Waals surface area contributed by atoms with Gasteiger partial charge in [-0.2, -0.15) is 5.10 Å². The highest BCUT2D eigenvalue weighted by Gasteiger charge is 2.11. The molecular weight excluding hydrogens is 214 g/mol. The summed E-state index contributed by atoms with van der Waals surface area (Å²) in [7, 11) is 0. The second-order valence-electron chi connectivity index (χ2n) is 3.29. The summed E-state index contributed by atoms with van der Waals surface area (Å²) in [6, 6.07) is 1.79. The monoisotopic (exact) mass is 229 g/mol. The quantitative estimate of drug-likeness (QED) is 0.616. The number of aromatic nitrogens is 2. The molecule has 1 aromatic rings. The maximum Gasteiger partial charge on any atom is 0.269 e. The smallest absolute Gasteiger partial charge is 0.269 e. The molecule has 0 fully saturated rings. The highest BCUT2D eigenvalue weighted by Crippen LogP contribution is 2.03. The molecule has 1 heterocycles. The van der Waals surface area contributed by atoms with Crippen LogP contribution in [0.1, 0.15) is 29.5 Å². The number of nitrogens with one attached hydrogen (secondary N) is 1. The summed E-state index contributed by atoms with van der Waals surface area (Å²) in [6.45, 7) is 5.14. The third kappa shape index (κ3) is 3.23. The van der Waals surface area contributed by atoms with Crippen LogP contribution in [0.2, 0.25) is 0 Å². The molecule has 1 aromatic heterocycles. The molecule has 4 nitrogen and oxygen atoms in total. The van der Waals surface area contributed by atoms with Gasteiger partial charge in [-0.05, 0) is 26.3 Å². The van der Waals surface area contributed by atoms with Crippen LogP contribution in [0, 0.1) is 6.92 Å². The summed E-state index contributed by atoms with van der Waals surface area (Å²) in [5, 5.41) is 7.01. The SMILES string of the molecule is CCn1nc(C)cc1C(=O)NCCCCl. The van der Waals surface area contributed by atoms with Crippen molar-refractivity contribution in [3.05, 3.63) is 17.5 Å². The van der Waals surface area contributed by atoms with Gasteiger partial charge in [0.15, 0.2) is 0 Å². The predicted molar refractivity (Wildman–Crippen MR) is 60.3 cm³/mol. The molecule has 0 saturated carbocycles. The van der Waals surface area contributed by atoms with Gasteiger partial charge in [0.2, 0.25) is 0 Å². The lowest BCUT2D eigenvalue weighted by Crippen LogP contribution is -2.27. The van der Waals surface area contributed by atoms with Crippen LogP contribution in [-0.4, -0.2) is 28.1 Å². The molecule has 0 aliphatic carbocycles. The summed E-state index contributed by atoms with van der Waals surface area (Å²) in [4.78, 5) is 11.7. The maximum absolute atomic E-state index is 11.7. The van der Waals surface area contributed by atoms with Crippen molar-refractivity contribution in [1.82, 2.24) is 15.1 Å². The molecule has 1 amide bonds. The van der Waals surface area contributed by atoms with Gasteiger partial charge in [0.1, 0.15) is 5.69 Å². The van der Waals surface area contributed by atoms with Gasteiger partial charge in [-0.25, -0.2) is 0 Å². The van der Waals surface area contributed by atoms with Crippen molar-refractivity contribution in [2.45, 2.75) is 26.8 Å². The van der Waals surface area contributed by atoms with Crippen molar-refractivity contribution in [2.24, 2.45) is 0 Å². The third-order valence-electron chi connectivity index (χ3n) is 2.03. The Kier molecular flexibility index (Phi) is 4.62. The first-order chi connectivity index (χ1) is 7.19. The molecule has 84 valence electrons. The molecule has 1 rings (SSSR count). The lowest BCUT2D eigenvalue weighted by molar-refractivity contribution is 0.0943. The Morgan fingerprint density at radius 3 is 3.00 bits per heavy atom. The number of amides is 1. The van der Waals surface area contributed by atoms with Gasteiger partial charge < -0.3 is 5.32 Å². The van der Waals surface area contributed by atoms with Crippen molar-refractivity contribution in [3.63, 3.8) is 0 Å². The second kappa shape index (κ2) is 5.75. The zero-order chi connectivity index (χ0) is 11.3. The van der Waals surface area contributed by atoms with Gasteiger partial charge in [-0.15, -0.1) is 11.6 Å². The standard InChI is InChI=1S/C10H16ClN3O/c1-3-14-9(7-8(2)13-14)10(15)12-6-4-5-11/h7H,3-6H2,1-2H3,(H,12,15). The van der Waals surface area contributed by atoms with Gasteiger partial charge in [-0.1, -0.05) is 0 Å². The predicted octanol–water partition coefficient (Wildman–Crippen LogP) is 1.57.